The molecule has 0 bridgehead atoms. The molecule has 2 aromatic rings. The van der Waals surface area contributed by atoms with Crippen molar-refractivity contribution in [3.05, 3.63) is 50.9 Å². The van der Waals surface area contributed by atoms with E-state index in [0.29, 0.717) is 17.7 Å². The lowest BCUT2D eigenvalue weighted by Crippen LogP contribution is -2.06. The van der Waals surface area contributed by atoms with Gasteiger partial charge >= 0.3 is 0 Å². The zero-order valence-corrected chi connectivity index (χ0v) is 13.6. The lowest BCUT2D eigenvalue weighted by Gasteiger charge is -2.06. The number of Topliss-reactive ketones (excluding diaryl/α,β-unsaturated/α-hetero) is 1. The van der Waals surface area contributed by atoms with E-state index in [9.17, 15) is 4.79 Å². The first kappa shape index (κ1) is 14.9. The van der Waals surface area contributed by atoms with Crippen LogP contribution in [-0.4, -0.2) is 12.9 Å². The zero-order chi connectivity index (χ0) is 14.9. The molecule has 1 aromatic carbocycles. The van der Waals surface area contributed by atoms with E-state index in [0.717, 1.165) is 27.1 Å². The monoisotopic (exact) mass is 336 g/mol. The summed E-state index contributed by atoms with van der Waals surface area (Å²) in [6.45, 7) is 5.63. The summed E-state index contributed by atoms with van der Waals surface area (Å²) in [7, 11) is 1.62. The highest BCUT2D eigenvalue weighted by atomic mass is 79.9. The Kier molecular flexibility index (Phi) is 4.33. The minimum Gasteiger partial charge on any atom is -0.496 e. The summed E-state index contributed by atoms with van der Waals surface area (Å²) in [5.74, 6) is 2.33. The van der Waals surface area contributed by atoms with E-state index in [1.54, 1.807) is 7.11 Å². The fourth-order valence-corrected chi connectivity index (χ4v) is 2.88. The van der Waals surface area contributed by atoms with Crippen LogP contribution in [0, 0.1) is 20.8 Å². The number of benzene rings is 1. The van der Waals surface area contributed by atoms with Gasteiger partial charge in [0.2, 0.25) is 0 Å². The van der Waals surface area contributed by atoms with Crippen LogP contribution < -0.4 is 4.74 Å². The van der Waals surface area contributed by atoms with Crippen molar-refractivity contribution in [1.29, 1.82) is 0 Å². The van der Waals surface area contributed by atoms with Crippen molar-refractivity contribution in [1.82, 2.24) is 0 Å². The molecule has 1 heterocycles. The van der Waals surface area contributed by atoms with Crippen molar-refractivity contribution in [3.63, 3.8) is 0 Å². The lowest BCUT2D eigenvalue weighted by molar-refractivity contribution is 0.0991. The Morgan fingerprint density at radius 1 is 1.25 bits per heavy atom. The highest BCUT2D eigenvalue weighted by Gasteiger charge is 2.18. The average molecular weight is 337 g/mol. The normalized spacial score (nSPS) is 10.7. The third kappa shape index (κ3) is 2.80. The maximum absolute atomic E-state index is 12.4. The molecular formula is C16H17BrO3. The first-order valence-electron chi connectivity index (χ1n) is 6.36. The second kappa shape index (κ2) is 5.83. The van der Waals surface area contributed by atoms with Crippen LogP contribution in [0.2, 0.25) is 0 Å². The first-order chi connectivity index (χ1) is 9.43. The number of aryl methyl sites for hydroxylation is 2. The molecule has 0 spiro atoms. The van der Waals surface area contributed by atoms with Gasteiger partial charge < -0.3 is 9.15 Å². The summed E-state index contributed by atoms with van der Waals surface area (Å²) >= 11 is 3.43. The van der Waals surface area contributed by atoms with Crippen LogP contribution in [0.5, 0.6) is 5.75 Å². The van der Waals surface area contributed by atoms with Crippen molar-refractivity contribution < 1.29 is 13.9 Å². The molecule has 1 aromatic heterocycles. The Hall–Kier alpha value is -1.55. The molecule has 0 fully saturated rings. The molecule has 0 aliphatic heterocycles. The Labute approximate surface area is 127 Å². The van der Waals surface area contributed by atoms with Gasteiger partial charge in [-0.15, -0.1) is 0 Å². The first-order valence-corrected chi connectivity index (χ1v) is 7.15. The van der Waals surface area contributed by atoms with E-state index in [1.165, 1.54) is 0 Å². The Morgan fingerprint density at radius 3 is 2.45 bits per heavy atom. The lowest BCUT2D eigenvalue weighted by atomic mass is 10.00. The molecule has 0 radical (unpaired) electrons. The van der Waals surface area contributed by atoms with Crippen LogP contribution in [0.25, 0.3) is 0 Å². The van der Waals surface area contributed by atoms with E-state index in [4.69, 9.17) is 9.15 Å². The highest BCUT2D eigenvalue weighted by molar-refractivity contribution is 9.10. The van der Waals surface area contributed by atoms with Gasteiger partial charge in [-0.1, -0.05) is 6.07 Å². The molecule has 0 aliphatic rings. The highest BCUT2D eigenvalue weighted by Crippen LogP contribution is 2.27. The van der Waals surface area contributed by atoms with Gasteiger partial charge in [-0.3, -0.25) is 4.79 Å². The predicted molar refractivity (Wildman–Crippen MR) is 81.6 cm³/mol. The second-order valence-corrected chi connectivity index (χ2v) is 5.64. The Morgan fingerprint density at radius 2 is 1.95 bits per heavy atom. The molecule has 0 amide bonds. The average Bonchev–Trinajstić information content (AvgIpc) is 2.63. The number of hydrogen-bond acceptors (Lipinski definition) is 3. The van der Waals surface area contributed by atoms with E-state index >= 15 is 0 Å². The predicted octanol–water partition coefficient (Wildman–Crippen LogP) is 4.40. The molecular weight excluding hydrogens is 320 g/mol. The molecule has 0 saturated heterocycles. The molecule has 0 saturated carbocycles. The topological polar surface area (TPSA) is 39.4 Å². The summed E-state index contributed by atoms with van der Waals surface area (Å²) in [5.41, 5.74) is 2.58. The third-order valence-electron chi connectivity index (χ3n) is 3.42. The SMILES string of the molecule is COc1ccc(CC(=O)c2c(C)oc(C)c2C)cc1Br. The number of halogens is 1. The summed E-state index contributed by atoms with van der Waals surface area (Å²) in [5, 5.41) is 0. The van der Waals surface area contributed by atoms with Crippen molar-refractivity contribution in [2.24, 2.45) is 0 Å². The fraction of sp³-hybridized carbons (Fsp3) is 0.312. The van der Waals surface area contributed by atoms with Gasteiger partial charge in [-0.2, -0.15) is 0 Å². The Bertz CT molecular complexity index is 656. The van der Waals surface area contributed by atoms with Crippen LogP contribution in [0.15, 0.2) is 27.1 Å². The van der Waals surface area contributed by atoms with Gasteiger partial charge in [0.05, 0.1) is 17.1 Å². The largest absolute Gasteiger partial charge is 0.496 e. The quantitative estimate of drug-likeness (QED) is 0.776. The van der Waals surface area contributed by atoms with Gasteiger partial charge in [0.1, 0.15) is 17.3 Å². The molecule has 4 heteroatoms. The molecule has 3 nitrogen and oxygen atoms in total. The third-order valence-corrected chi connectivity index (χ3v) is 4.04. The maximum atomic E-state index is 12.4. The number of carbonyl (C=O) groups excluding carboxylic acids is 1. The number of rotatable bonds is 4. The smallest absolute Gasteiger partial charge is 0.171 e. The van der Waals surface area contributed by atoms with E-state index < -0.39 is 0 Å². The minimum absolute atomic E-state index is 0.0777. The van der Waals surface area contributed by atoms with Crippen molar-refractivity contribution in [3.8, 4) is 5.75 Å². The number of methoxy groups -OCH3 is 1. The summed E-state index contributed by atoms with van der Waals surface area (Å²) in [6, 6.07) is 5.67. The van der Waals surface area contributed by atoms with Gasteiger partial charge in [0, 0.05) is 12.0 Å². The summed E-state index contributed by atoms with van der Waals surface area (Å²) in [4.78, 5) is 12.4. The van der Waals surface area contributed by atoms with Gasteiger partial charge in [-0.05, 0) is 54.4 Å². The molecule has 2 rings (SSSR count). The number of ketones is 1. The van der Waals surface area contributed by atoms with E-state index in [-0.39, 0.29) is 5.78 Å². The van der Waals surface area contributed by atoms with Gasteiger partial charge in [-0.25, -0.2) is 0 Å². The molecule has 0 unspecified atom stereocenters. The molecule has 106 valence electrons. The van der Waals surface area contributed by atoms with Crippen molar-refractivity contribution in [2.45, 2.75) is 27.2 Å². The van der Waals surface area contributed by atoms with E-state index in [2.05, 4.69) is 15.9 Å². The molecule has 0 aliphatic carbocycles. The van der Waals surface area contributed by atoms with Crippen molar-refractivity contribution >= 4 is 21.7 Å². The number of ether oxygens (including phenoxy) is 1. The number of carbonyl (C=O) groups is 1. The second-order valence-electron chi connectivity index (χ2n) is 4.78. The summed E-state index contributed by atoms with van der Waals surface area (Å²) in [6.07, 6.45) is 0.350. The molecule has 0 N–H and O–H groups in total. The van der Waals surface area contributed by atoms with Crippen LogP contribution in [0.1, 0.15) is 33.0 Å². The van der Waals surface area contributed by atoms with E-state index in [1.807, 2.05) is 39.0 Å². The fourth-order valence-electron chi connectivity index (χ4n) is 2.30. The molecule has 0 atom stereocenters. The van der Waals surface area contributed by atoms with Crippen molar-refractivity contribution in [2.75, 3.05) is 7.11 Å². The van der Waals surface area contributed by atoms with Crippen LogP contribution >= 0.6 is 15.9 Å². The van der Waals surface area contributed by atoms with Crippen LogP contribution in [-0.2, 0) is 6.42 Å². The summed E-state index contributed by atoms with van der Waals surface area (Å²) < 4.78 is 11.5. The maximum Gasteiger partial charge on any atom is 0.171 e. The Balaban J connectivity index is 2.26. The van der Waals surface area contributed by atoms with Gasteiger partial charge in [0.25, 0.3) is 0 Å². The molecule has 20 heavy (non-hydrogen) atoms. The standard InChI is InChI=1S/C16H17BrO3/c1-9-10(2)20-11(3)16(9)14(18)8-12-5-6-15(19-4)13(17)7-12/h5-7H,8H2,1-4H3. The number of hydrogen-bond donors (Lipinski definition) is 0. The number of furan rings is 1. The van der Waals surface area contributed by atoms with Crippen LogP contribution in [0.4, 0.5) is 0 Å². The van der Waals surface area contributed by atoms with Gasteiger partial charge in [0.15, 0.2) is 5.78 Å². The zero-order valence-electron chi connectivity index (χ0n) is 12.0. The minimum atomic E-state index is 0.0777. The van der Waals surface area contributed by atoms with Crippen LogP contribution in [0.3, 0.4) is 0 Å².